The van der Waals surface area contributed by atoms with E-state index in [0.29, 0.717) is 36.2 Å². The molecule has 1 aliphatic rings. The van der Waals surface area contributed by atoms with E-state index in [1.807, 2.05) is 24.3 Å². The topological polar surface area (TPSA) is 116 Å². The number of nitrogens with one attached hydrogen (secondary N) is 1. The van der Waals surface area contributed by atoms with E-state index >= 15 is 0 Å². The molecule has 0 atom stereocenters. The minimum Gasteiger partial charge on any atom is -0.492 e. The summed E-state index contributed by atoms with van der Waals surface area (Å²) < 4.78 is 18.3. The number of furan rings is 1. The molecule has 1 fully saturated rings. The first-order valence-electron chi connectivity index (χ1n) is 10.6. The molecule has 0 saturated carbocycles. The van der Waals surface area contributed by atoms with Gasteiger partial charge in [-0.2, -0.15) is 9.50 Å². The summed E-state index contributed by atoms with van der Waals surface area (Å²) in [5.41, 5.74) is 7.72. The molecule has 4 heterocycles. The van der Waals surface area contributed by atoms with Gasteiger partial charge in [-0.15, -0.1) is 5.10 Å². The van der Waals surface area contributed by atoms with E-state index in [9.17, 15) is 0 Å². The van der Waals surface area contributed by atoms with Gasteiger partial charge in [-0.3, -0.25) is 4.90 Å². The van der Waals surface area contributed by atoms with Crippen molar-refractivity contribution in [3.05, 3.63) is 54.3 Å². The quantitative estimate of drug-likeness (QED) is 0.430. The lowest BCUT2D eigenvalue weighted by molar-refractivity contribution is 0.0322. The predicted octanol–water partition coefficient (Wildman–Crippen LogP) is 2.29. The predicted molar refractivity (Wildman–Crippen MR) is 119 cm³/mol. The Hall–Kier alpha value is -3.63. The number of aromatic nitrogens is 4. The molecule has 4 aromatic rings. The van der Waals surface area contributed by atoms with Crippen LogP contribution in [0.1, 0.15) is 5.56 Å². The van der Waals surface area contributed by atoms with Crippen LogP contribution >= 0.6 is 0 Å². The van der Waals surface area contributed by atoms with Crippen molar-refractivity contribution in [3.8, 4) is 17.3 Å². The third-order valence-corrected chi connectivity index (χ3v) is 5.29. The van der Waals surface area contributed by atoms with Crippen LogP contribution in [0, 0.1) is 0 Å². The van der Waals surface area contributed by atoms with Gasteiger partial charge < -0.3 is 24.9 Å². The Kier molecular flexibility index (Phi) is 5.86. The highest BCUT2D eigenvalue weighted by Crippen LogP contribution is 2.22. The average molecular weight is 435 g/mol. The van der Waals surface area contributed by atoms with Crippen molar-refractivity contribution in [2.75, 3.05) is 50.5 Å². The molecule has 5 rings (SSSR count). The second-order valence-corrected chi connectivity index (χ2v) is 7.45. The van der Waals surface area contributed by atoms with Crippen LogP contribution < -0.4 is 15.8 Å². The molecule has 32 heavy (non-hydrogen) atoms. The number of para-hydroxylation sites is 1. The van der Waals surface area contributed by atoms with E-state index in [4.69, 9.17) is 19.6 Å². The van der Waals surface area contributed by atoms with Crippen molar-refractivity contribution in [1.82, 2.24) is 24.5 Å². The molecule has 166 valence electrons. The molecule has 10 nitrogen and oxygen atoms in total. The normalized spacial score (nSPS) is 14.6. The molecular formula is C22H25N7O3. The maximum absolute atomic E-state index is 6.10. The molecule has 3 aromatic heterocycles. The summed E-state index contributed by atoms with van der Waals surface area (Å²) in [6.07, 6.45) is 1.58. The van der Waals surface area contributed by atoms with E-state index in [0.717, 1.165) is 44.2 Å². The van der Waals surface area contributed by atoms with E-state index in [1.165, 1.54) is 4.52 Å². The first-order chi connectivity index (χ1) is 15.8. The first-order valence-corrected chi connectivity index (χ1v) is 10.6. The highest BCUT2D eigenvalue weighted by Gasteiger charge is 2.13. The van der Waals surface area contributed by atoms with Crippen LogP contribution in [0.25, 0.3) is 17.2 Å². The highest BCUT2D eigenvalue weighted by atomic mass is 16.5. The van der Waals surface area contributed by atoms with Crippen molar-refractivity contribution in [2.24, 2.45) is 0 Å². The molecule has 1 aliphatic heterocycles. The number of morpholine rings is 1. The van der Waals surface area contributed by atoms with Crippen molar-refractivity contribution < 1.29 is 13.9 Å². The Labute approximate surface area is 185 Å². The van der Waals surface area contributed by atoms with E-state index in [1.54, 1.807) is 24.5 Å². The van der Waals surface area contributed by atoms with Crippen LogP contribution in [0.2, 0.25) is 0 Å². The Bertz CT molecular complexity index is 1170. The van der Waals surface area contributed by atoms with E-state index in [-0.39, 0.29) is 5.95 Å². The molecule has 0 radical (unpaired) electrons. The number of hydrogen-bond donors (Lipinski definition) is 2. The summed E-state index contributed by atoms with van der Waals surface area (Å²) in [5.74, 6) is 2.73. The van der Waals surface area contributed by atoms with Gasteiger partial charge in [0.2, 0.25) is 11.8 Å². The molecule has 3 N–H and O–H groups in total. The number of nitrogens with two attached hydrogens (primary N) is 1. The maximum Gasteiger partial charge on any atom is 0.225 e. The Morgan fingerprint density at radius 1 is 1.09 bits per heavy atom. The van der Waals surface area contributed by atoms with Crippen LogP contribution in [0.15, 0.2) is 53.1 Å². The lowest BCUT2D eigenvalue weighted by atomic mass is 10.2. The molecule has 0 bridgehead atoms. The van der Waals surface area contributed by atoms with Crippen molar-refractivity contribution in [3.63, 3.8) is 0 Å². The largest absolute Gasteiger partial charge is 0.492 e. The molecular weight excluding hydrogens is 410 g/mol. The van der Waals surface area contributed by atoms with Gasteiger partial charge in [0.15, 0.2) is 11.4 Å². The number of benzene rings is 1. The van der Waals surface area contributed by atoms with Gasteiger partial charge in [0, 0.05) is 37.8 Å². The fraction of sp³-hybridized carbons (Fsp3) is 0.318. The number of fused-ring (bicyclic) bond motifs is 1. The van der Waals surface area contributed by atoms with Gasteiger partial charge in [-0.05, 0) is 18.2 Å². The smallest absolute Gasteiger partial charge is 0.225 e. The zero-order valence-electron chi connectivity index (χ0n) is 17.6. The molecule has 1 aromatic carbocycles. The standard InChI is InChI=1S/C22H25N7O3/c23-22-25-19(14-20-26-21(27-29(20)22)18-6-3-10-31-18)24-15-16-4-1-2-5-17(16)32-13-9-28-7-11-30-12-8-28/h1-6,10,14,24H,7-9,11-13,15H2,(H2,23,25). The number of rotatable bonds is 8. The van der Waals surface area contributed by atoms with Crippen LogP contribution in [0.4, 0.5) is 11.8 Å². The fourth-order valence-electron chi connectivity index (χ4n) is 3.60. The first kappa shape index (κ1) is 20.3. The molecule has 1 saturated heterocycles. The lowest BCUT2D eigenvalue weighted by Gasteiger charge is -2.26. The average Bonchev–Trinajstić information content (AvgIpc) is 3.49. The van der Waals surface area contributed by atoms with Crippen LogP contribution in [-0.2, 0) is 11.3 Å². The maximum atomic E-state index is 6.10. The minimum absolute atomic E-state index is 0.241. The summed E-state index contributed by atoms with van der Waals surface area (Å²) in [6, 6.07) is 13.4. The van der Waals surface area contributed by atoms with Gasteiger partial charge in [-0.25, -0.2) is 4.98 Å². The van der Waals surface area contributed by atoms with Gasteiger partial charge in [-0.1, -0.05) is 18.2 Å². The Morgan fingerprint density at radius 2 is 1.97 bits per heavy atom. The summed E-state index contributed by atoms with van der Waals surface area (Å²) in [7, 11) is 0. The zero-order valence-corrected chi connectivity index (χ0v) is 17.6. The third-order valence-electron chi connectivity index (χ3n) is 5.29. The van der Waals surface area contributed by atoms with Gasteiger partial charge in [0.05, 0.1) is 19.5 Å². The van der Waals surface area contributed by atoms with Gasteiger partial charge in [0.25, 0.3) is 0 Å². The van der Waals surface area contributed by atoms with E-state index in [2.05, 4.69) is 25.3 Å². The number of ether oxygens (including phenoxy) is 2. The third kappa shape index (κ3) is 4.51. The van der Waals surface area contributed by atoms with Gasteiger partial charge in [0.1, 0.15) is 18.2 Å². The molecule has 0 spiro atoms. The van der Waals surface area contributed by atoms with Crippen LogP contribution in [0.5, 0.6) is 5.75 Å². The van der Waals surface area contributed by atoms with Crippen LogP contribution in [0.3, 0.4) is 0 Å². The van der Waals surface area contributed by atoms with Crippen LogP contribution in [-0.4, -0.2) is 63.9 Å². The number of nitrogens with zero attached hydrogens (tertiary/aromatic N) is 5. The lowest BCUT2D eigenvalue weighted by Crippen LogP contribution is -2.38. The SMILES string of the molecule is Nc1nc(NCc2ccccc2OCCN2CCOCC2)cc2nc(-c3ccco3)nn12. The number of anilines is 2. The monoisotopic (exact) mass is 435 g/mol. The number of hydrogen-bond acceptors (Lipinski definition) is 9. The summed E-state index contributed by atoms with van der Waals surface area (Å²) in [5, 5.41) is 7.68. The summed E-state index contributed by atoms with van der Waals surface area (Å²) >= 11 is 0. The molecule has 0 aliphatic carbocycles. The minimum atomic E-state index is 0.241. The summed E-state index contributed by atoms with van der Waals surface area (Å²) in [4.78, 5) is 11.2. The zero-order chi connectivity index (χ0) is 21.8. The highest BCUT2D eigenvalue weighted by molar-refractivity contribution is 5.59. The summed E-state index contributed by atoms with van der Waals surface area (Å²) in [6.45, 7) is 5.52. The molecule has 0 unspecified atom stereocenters. The molecule has 0 amide bonds. The Balaban J connectivity index is 1.25. The fourth-order valence-corrected chi connectivity index (χ4v) is 3.60. The van der Waals surface area contributed by atoms with Gasteiger partial charge >= 0.3 is 0 Å². The van der Waals surface area contributed by atoms with E-state index < -0.39 is 0 Å². The Morgan fingerprint density at radius 3 is 2.81 bits per heavy atom. The second kappa shape index (κ2) is 9.25. The second-order valence-electron chi connectivity index (χ2n) is 7.45. The number of nitrogen functional groups attached to an aromatic ring is 1. The van der Waals surface area contributed by atoms with Crippen molar-refractivity contribution in [2.45, 2.75) is 6.54 Å². The van der Waals surface area contributed by atoms with Crippen molar-refractivity contribution >= 4 is 17.4 Å². The molecule has 10 heteroatoms. The van der Waals surface area contributed by atoms with Crippen molar-refractivity contribution in [1.29, 1.82) is 0 Å².